The molecule has 224 valence electrons. The molecule has 0 saturated carbocycles. The van der Waals surface area contributed by atoms with Crippen LogP contribution in [0.1, 0.15) is 96.7 Å². The van der Waals surface area contributed by atoms with Crippen molar-refractivity contribution in [3.8, 4) is 0 Å². The molecule has 1 aliphatic rings. The lowest BCUT2D eigenvalue weighted by atomic mass is 9.96. The maximum Gasteiger partial charge on any atom is 0.407 e. The van der Waals surface area contributed by atoms with E-state index in [1.54, 1.807) is 11.3 Å². The first kappa shape index (κ1) is 33.3. The van der Waals surface area contributed by atoms with Crippen LogP contribution in [0.2, 0.25) is 0 Å². The van der Waals surface area contributed by atoms with Gasteiger partial charge in [-0.3, -0.25) is 9.59 Å². The highest BCUT2D eigenvalue weighted by Crippen LogP contribution is 2.35. The van der Waals surface area contributed by atoms with E-state index in [9.17, 15) is 14.4 Å². The average molecular weight is 576 g/mol. The lowest BCUT2D eigenvalue weighted by Crippen LogP contribution is -2.38. The van der Waals surface area contributed by atoms with E-state index in [-0.39, 0.29) is 17.9 Å². The Labute approximate surface area is 244 Å². The smallest absolute Gasteiger partial charge is 0.407 e. The fourth-order valence-electron chi connectivity index (χ4n) is 4.13. The zero-order valence-corrected chi connectivity index (χ0v) is 26.3. The minimum atomic E-state index is -0.495. The number of hydrogen-bond acceptors (Lipinski definition) is 7. The van der Waals surface area contributed by atoms with E-state index < -0.39 is 11.0 Å². The first-order chi connectivity index (χ1) is 18.7. The Kier molecular flexibility index (Phi) is 12.7. The van der Waals surface area contributed by atoms with Crippen LogP contribution >= 0.6 is 11.3 Å². The van der Waals surface area contributed by atoms with E-state index in [2.05, 4.69) is 28.6 Å². The van der Waals surface area contributed by atoms with Crippen LogP contribution in [0.4, 0.5) is 10.5 Å². The van der Waals surface area contributed by atoms with Crippen LogP contribution in [0.25, 0.3) is 6.08 Å². The number of ether oxygens (including phenoxy) is 1. The van der Waals surface area contributed by atoms with Crippen molar-refractivity contribution in [2.75, 3.05) is 26.2 Å². The SMILES string of the molecule is CCCN(CCCNC(=O)C(C)(C)C)C(=O)C1=Cc2sc(CCCCCNC(=O)OC(C)(C)C)cc2N=C(N)C1. The van der Waals surface area contributed by atoms with Crippen molar-refractivity contribution in [1.82, 2.24) is 15.5 Å². The summed E-state index contributed by atoms with van der Waals surface area (Å²) in [5.41, 5.74) is 6.76. The average Bonchev–Trinajstić information content (AvgIpc) is 3.13. The highest BCUT2D eigenvalue weighted by molar-refractivity contribution is 7.13. The highest BCUT2D eigenvalue weighted by Gasteiger charge is 2.23. The van der Waals surface area contributed by atoms with E-state index in [1.807, 2.05) is 52.5 Å². The topological polar surface area (TPSA) is 126 Å². The lowest BCUT2D eigenvalue weighted by Gasteiger charge is -2.24. The second-order valence-electron chi connectivity index (χ2n) is 12.3. The molecule has 1 aliphatic heterocycles. The van der Waals surface area contributed by atoms with Crippen LogP contribution in [-0.4, -0.2) is 60.4 Å². The Bertz CT molecular complexity index is 1080. The Balaban J connectivity index is 1.93. The van der Waals surface area contributed by atoms with Crippen LogP contribution in [0.15, 0.2) is 16.6 Å². The van der Waals surface area contributed by atoms with Crippen LogP contribution in [0.5, 0.6) is 0 Å². The van der Waals surface area contributed by atoms with Gasteiger partial charge >= 0.3 is 6.09 Å². The minimum absolute atomic E-state index is 0.00910. The molecule has 2 heterocycles. The van der Waals surface area contributed by atoms with Gasteiger partial charge in [-0.25, -0.2) is 9.79 Å². The van der Waals surface area contributed by atoms with Gasteiger partial charge < -0.3 is 26.0 Å². The van der Waals surface area contributed by atoms with Gasteiger partial charge in [0.1, 0.15) is 11.4 Å². The van der Waals surface area contributed by atoms with Gasteiger partial charge in [-0.1, -0.05) is 34.1 Å². The molecule has 0 aromatic carbocycles. The monoisotopic (exact) mass is 575 g/mol. The van der Waals surface area contributed by atoms with Crippen molar-refractivity contribution in [1.29, 1.82) is 0 Å². The van der Waals surface area contributed by atoms with Crippen molar-refractivity contribution in [2.45, 2.75) is 99.0 Å². The van der Waals surface area contributed by atoms with Gasteiger partial charge in [-0.15, -0.1) is 11.3 Å². The number of amides is 3. The summed E-state index contributed by atoms with van der Waals surface area (Å²) in [5.74, 6) is 0.419. The van der Waals surface area contributed by atoms with Crippen LogP contribution in [0, 0.1) is 5.41 Å². The summed E-state index contributed by atoms with van der Waals surface area (Å²) in [6.07, 6.45) is 7.16. The second-order valence-corrected chi connectivity index (χ2v) is 13.5. The van der Waals surface area contributed by atoms with Gasteiger partial charge in [0, 0.05) is 48.5 Å². The highest BCUT2D eigenvalue weighted by atomic mass is 32.1. The number of nitrogens with one attached hydrogen (secondary N) is 2. The van der Waals surface area contributed by atoms with Crippen molar-refractivity contribution in [3.63, 3.8) is 0 Å². The molecule has 0 saturated heterocycles. The van der Waals surface area contributed by atoms with Crippen molar-refractivity contribution >= 4 is 46.8 Å². The van der Waals surface area contributed by atoms with Crippen LogP contribution in [-0.2, 0) is 20.7 Å². The molecule has 0 aliphatic carbocycles. The van der Waals surface area contributed by atoms with Crippen molar-refractivity contribution < 1.29 is 19.1 Å². The van der Waals surface area contributed by atoms with Gasteiger partial charge in [0.05, 0.1) is 10.6 Å². The third-order valence-corrected chi connectivity index (χ3v) is 7.26. The number of fused-ring (bicyclic) bond motifs is 1. The number of aryl methyl sites for hydroxylation is 1. The summed E-state index contributed by atoms with van der Waals surface area (Å²) in [6.45, 7) is 15.6. The predicted octanol–water partition coefficient (Wildman–Crippen LogP) is 5.55. The quantitative estimate of drug-likeness (QED) is 0.266. The molecule has 4 N–H and O–H groups in total. The molecule has 1 aromatic heterocycles. The fourth-order valence-corrected chi connectivity index (χ4v) is 5.24. The molecule has 0 fully saturated rings. The molecule has 0 spiro atoms. The molecular formula is C30H49N5O4S. The molecule has 3 amide bonds. The number of carbonyl (C=O) groups excluding carboxylic acids is 3. The number of carbonyl (C=O) groups is 3. The molecule has 0 radical (unpaired) electrons. The first-order valence-electron chi connectivity index (χ1n) is 14.4. The molecular weight excluding hydrogens is 526 g/mol. The van der Waals surface area contributed by atoms with Gasteiger partial charge in [0.15, 0.2) is 0 Å². The van der Waals surface area contributed by atoms with Crippen molar-refractivity contribution in [2.24, 2.45) is 16.1 Å². The summed E-state index contributed by atoms with van der Waals surface area (Å²) < 4.78 is 5.26. The largest absolute Gasteiger partial charge is 0.444 e. The first-order valence-corrected chi connectivity index (χ1v) is 15.2. The molecule has 40 heavy (non-hydrogen) atoms. The Morgan fingerprint density at radius 2 is 1.73 bits per heavy atom. The Morgan fingerprint density at radius 3 is 2.38 bits per heavy atom. The van der Waals surface area contributed by atoms with Gasteiger partial charge in [-0.05, 0) is 65.0 Å². The normalized spacial score (nSPS) is 13.5. The van der Waals surface area contributed by atoms with E-state index in [0.717, 1.165) is 42.7 Å². The molecule has 9 nitrogen and oxygen atoms in total. The summed E-state index contributed by atoms with van der Waals surface area (Å²) in [4.78, 5) is 46.0. The number of alkyl carbamates (subject to hydrolysis) is 1. The Morgan fingerprint density at radius 1 is 1.02 bits per heavy atom. The molecule has 2 rings (SSSR count). The third-order valence-electron chi connectivity index (χ3n) is 6.13. The summed E-state index contributed by atoms with van der Waals surface area (Å²) in [7, 11) is 0. The van der Waals surface area contributed by atoms with E-state index in [1.165, 1.54) is 4.88 Å². The zero-order valence-electron chi connectivity index (χ0n) is 25.4. The van der Waals surface area contributed by atoms with E-state index in [4.69, 9.17) is 10.5 Å². The number of rotatable bonds is 13. The molecule has 0 bridgehead atoms. The van der Waals surface area contributed by atoms with Gasteiger partial charge in [-0.2, -0.15) is 0 Å². The number of amidine groups is 1. The second kappa shape index (κ2) is 15.2. The van der Waals surface area contributed by atoms with Gasteiger partial charge in [0.25, 0.3) is 0 Å². The maximum absolute atomic E-state index is 13.5. The molecule has 1 aromatic rings. The molecule has 0 unspecified atom stereocenters. The summed E-state index contributed by atoms with van der Waals surface area (Å²) >= 11 is 1.65. The maximum atomic E-state index is 13.5. The number of nitrogens with zero attached hydrogens (tertiary/aromatic N) is 2. The number of thiophene rings is 1. The molecule has 0 atom stereocenters. The minimum Gasteiger partial charge on any atom is -0.444 e. The Hall–Kier alpha value is -2.88. The summed E-state index contributed by atoms with van der Waals surface area (Å²) in [6, 6.07) is 2.07. The van der Waals surface area contributed by atoms with Crippen LogP contribution < -0.4 is 16.4 Å². The zero-order chi connectivity index (χ0) is 29.9. The van der Waals surface area contributed by atoms with Crippen LogP contribution in [0.3, 0.4) is 0 Å². The number of nitrogens with two attached hydrogens (primary N) is 1. The predicted molar refractivity (Wildman–Crippen MR) is 164 cm³/mol. The third kappa shape index (κ3) is 11.7. The molecule has 10 heteroatoms. The van der Waals surface area contributed by atoms with Gasteiger partial charge in [0.2, 0.25) is 11.8 Å². The number of aliphatic imine (C=N–C) groups is 1. The lowest BCUT2D eigenvalue weighted by molar-refractivity contribution is -0.128. The number of hydrogen-bond donors (Lipinski definition) is 3. The fraction of sp³-hybridized carbons (Fsp3) is 0.667. The van der Waals surface area contributed by atoms with Crippen molar-refractivity contribution in [3.05, 3.63) is 21.4 Å². The number of unbranched alkanes of at least 4 members (excludes halogenated alkanes) is 2. The summed E-state index contributed by atoms with van der Waals surface area (Å²) in [5, 5.41) is 5.76. The van der Waals surface area contributed by atoms with E-state index >= 15 is 0 Å². The van der Waals surface area contributed by atoms with E-state index in [0.29, 0.717) is 50.4 Å². The standard InChI is InChI=1S/C30H49N5O4S/c1-8-16-35(17-12-15-32-27(37)29(2,3)4)26(36)21-18-24-23(34-25(31)19-21)20-22(40-24)13-10-9-11-14-33-28(38)39-30(5,6)7/h18,20H,8-17,19H2,1-7H3,(H2,31,34)(H,32,37)(H,33,38).